The van der Waals surface area contributed by atoms with Crippen molar-refractivity contribution in [2.24, 2.45) is 0 Å². The van der Waals surface area contributed by atoms with Crippen molar-refractivity contribution in [3.05, 3.63) is 88.4 Å². The van der Waals surface area contributed by atoms with Gasteiger partial charge < -0.3 is 10.1 Å². The Bertz CT molecular complexity index is 1180. The second-order valence-corrected chi connectivity index (χ2v) is 9.72. The number of para-hydroxylation sites is 1. The quantitative estimate of drug-likeness (QED) is 0.475. The van der Waals surface area contributed by atoms with Crippen LogP contribution in [0.15, 0.2) is 77.7 Å². The molecule has 0 spiro atoms. The van der Waals surface area contributed by atoms with Gasteiger partial charge in [0.15, 0.2) is 0 Å². The Morgan fingerprint density at radius 3 is 2.22 bits per heavy atom. The summed E-state index contributed by atoms with van der Waals surface area (Å²) in [6, 6.07) is 19.1. The fourth-order valence-electron chi connectivity index (χ4n) is 3.24. The molecule has 9 heteroatoms. The highest BCUT2D eigenvalue weighted by Gasteiger charge is 2.28. The SMILES string of the molecule is COc1ccccc1[C@@H](C)NC(=O)CN(c1cc(Cl)cc(Cl)c1)S(=O)(=O)c1ccccc1. The summed E-state index contributed by atoms with van der Waals surface area (Å²) in [5.74, 6) is 0.120. The number of amides is 1. The molecule has 0 aliphatic heterocycles. The first-order chi connectivity index (χ1) is 15.2. The van der Waals surface area contributed by atoms with E-state index in [0.29, 0.717) is 5.75 Å². The molecule has 1 N–H and O–H groups in total. The van der Waals surface area contributed by atoms with Gasteiger partial charge in [0.25, 0.3) is 10.0 Å². The highest BCUT2D eigenvalue weighted by Crippen LogP contribution is 2.30. The van der Waals surface area contributed by atoms with Crippen LogP contribution in [0.1, 0.15) is 18.5 Å². The molecular weight excluding hydrogens is 471 g/mol. The van der Waals surface area contributed by atoms with Gasteiger partial charge in [0.05, 0.1) is 23.7 Å². The number of anilines is 1. The first kappa shape index (κ1) is 23.9. The van der Waals surface area contributed by atoms with Crippen molar-refractivity contribution in [3.8, 4) is 5.75 Å². The van der Waals surface area contributed by atoms with Crippen LogP contribution >= 0.6 is 23.2 Å². The molecule has 168 valence electrons. The molecule has 0 saturated carbocycles. The summed E-state index contributed by atoms with van der Waals surface area (Å²) in [5, 5.41) is 3.34. The number of rotatable bonds is 8. The Morgan fingerprint density at radius 1 is 1.00 bits per heavy atom. The zero-order chi connectivity index (χ0) is 23.3. The van der Waals surface area contributed by atoms with Crippen LogP contribution in [0, 0.1) is 0 Å². The number of benzene rings is 3. The Morgan fingerprint density at radius 2 is 1.59 bits per heavy atom. The molecule has 0 aliphatic rings. The summed E-state index contributed by atoms with van der Waals surface area (Å²) in [7, 11) is -2.52. The number of hydrogen-bond donors (Lipinski definition) is 1. The van der Waals surface area contributed by atoms with E-state index in [0.717, 1.165) is 9.87 Å². The second kappa shape index (κ2) is 10.3. The molecule has 0 aliphatic carbocycles. The summed E-state index contributed by atoms with van der Waals surface area (Å²) in [4.78, 5) is 13.0. The number of methoxy groups -OCH3 is 1. The molecule has 3 aromatic rings. The molecule has 3 rings (SSSR count). The summed E-state index contributed by atoms with van der Waals surface area (Å²) in [5.41, 5.74) is 0.957. The van der Waals surface area contributed by atoms with Crippen molar-refractivity contribution in [2.75, 3.05) is 18.0 Å². The van der Waals surface area contributed by atoms with Gasteiger partial charge in [-0.15, -0.1) is 0 Å². The highest BCUT2D eigenvalue weighted by molar-refractivity contribution is 7.92. The van der Waals surface area contributed by atoms with E-state index in [1.54, 1.807) is 38.3 Å². The van der Waals surface area contributed by atoms with Gasteiger partial charge in [0.2, 0.25) is 5.91 Å². The van der Waals surface area contributed by atoms with Crippen LogP contribution in [0.3, 0.4) is 0 Å². The van der Waals surface area contributed by atoms with Crippen molar-refractivity contribution in [3.63, 3.8) is 0 Å². The molecule has 0 heterocycles. The van der Waals surface area contributed by atoms with Gasteiger partial charge in [-0.25, -0.2) is 8.42 Å². The van der Waals surface area contributed by atoms with Crippen LogP contribution in [-0.4, -0.2) is 28.0 Å². The standard InChI is InChI=1S/C23H22Cl2N2O4S/c1-16(21-10-6-7-11-22(21)31-2)26-23(28)15-27(19-13-17(24)12-18(25)14-19)32(29,30)20-8-4-3-5-9-20/h3-14,16H,15H2,1-2H3,(H,26,28)/t16-/m1/s1. The maximum atomic E-state index is 13.4. The third kappa shape index (κ3) is 5.54. The molecule has 0 radical (unpaired) electrons. The third-order valence-corrected chi connectivity index (χ3v) is 6.96. The Kier molecular flexibility index (Phi) is 7.66. The van der Waals surface area contributed by atoms with Gasteiger partial charge in [-0.05, 0) is 43.3 Å². The number of nitrogens with zero attached hydrogens (tertiary/aromatic N) is 1. The van der Waals surface area contributed by atoms with Crippen LogP contribution in [0.25, 0.3) is 0 Å². The van der Waals surface area contributed by atoms with Crippen molar-refractivity contribution in [1.82, 2.24) is 5.32 Å². The average molecular weight is 493 g/mol. The molecule has 1 atom stereocenters. The number of sulfonamides is 1. The second-order valence-electron chi connectivity index (χ2n) is 6.98. The number of ether oxygens (including phenoxy) is 1. The van der Waals surface area contributed by atoms with E-state index in [4.69, 9.17) is 27.9 Å². The van der Waals surface area contributed by atoms with Crippen LogP contribution in [0.4, 0.5) is 5.69 Å². The maximum Gasteiger partial charge on any atom is 0.264 e. The van der Waals surface area contributed by atoms with Gasteiger partial charge in [-0.1, -0.05) is 59.6 Å². The summed E-state index contributed by atoms with van der Waals surface area (Å²) in [6.07, 6.45) is 0. The predicted molar refractivity (Wildman–Crippen MR) is 127 cm³/mol. The molecule has 1 amide bonds. The summed E-state index contributed by atoms with van der Waals surface area (Å²) >= 11 is 12.2. The lowest BCUT2D eigenvalue weighted by Gasteiger charge is -2.25. The minimum atomic E-state index is -4.07. The Labute approximate surface area is 197 Å². The van der Waals surface area contributed by atoms with E-state index in [9.17, 15) is 13.2 Å². The van der Waals surface area contributed by atoms with Gasteiger partial charge >= 0.3 is 0 Å². The van der Waals surface area contributed by atoms with Crippen molar-refractivity contribution in [1.29, 1.82) is 0 Å². The average Bonchev–Trinajstić information content (AvgIpc) is 2.77. The molecule has 32 heavy (non-hydrogen) atoms. The van der Waals surface area contributed by atoms with Crippen LogP contribution in [0.2, 0.25) is 10.0 Å². The minimum absolute atomic E-state index is 0.0432. The molecule has 0 bridgehead atoms. The number of carbonyl (C=O) groups is 1. The molecular formula is C23H22Cl2N2O4S. The number of hydrogen-bond acceptors (Lipinski definition) is 4. The van der Waals surface area contributed by atoms with Crippen LogP contribution in [-0.2, 0) is 14.8 Å². The zero-order valence-electron chi connectivity index (χ0n) is 17.5. The van der Waals surface area contributed by atoms with E-state index < -0.39 is 28.5 Å². The van der Waals surface area contributed by atoms with Crippen molar-refractivity contribution in [2.45, 2.75) is 17.9 Å². The van der Waals surface area contributed by atoms with Crippen LogP contribution in [0.5, 0.6) is 5.75 Å². The molecule has 0 fully saturated rings. The lowest BCUT2D eigenvalue weighted by Crippen LogP contribution is -2.41. The van der Waals surface area contributed by atoms with E-state index >= 15 is 0 Å². The Balaban J connectivity index is 1.93. The summed E-state index contributed by atoms with van der Waals surface area (Å²) < 4.78 is 33.1. The maximum absolute atomic E-state index is 13.4. The molecule has 3 aromatic carbocycles. The topological polar surface area (TPSA) is 75.7 Å². The number of carbonyl (C=O) groups excluding carboxylic acids is 1. The van der Waals surface area contributed by atoms with Crippen molar-refractivity contribution >= 4 is 44.8 Å². The van der Waals surface area contributed by atoms with Crippen LogP contribution < -0.4 is 14.4 Å². The number of halogens is 2. The first-order valence-electron chi connectivity index (χ1n) is 9.68. The van der Waals surface area contributed by atoms with Gasteiger partial charge in [0, 0.05) is 15.6 Å². The fourth-order valence-corrected chi connectivity index (χ4v) is 5.18. The van der Waals surface area contributed by atoms with Gasteiger partial charge in [0.1, 0.15) is 12.3 Å². The Hall–Kier alpha value is -2.74. The normalized spacial score (nSPS) is 12.1. The lowest BCUT2D eigenvalue weighted by molar-refractivity contribution is -0.120. The van der Waals surface area contributed by atoms with E-state index in [2.05, 4.69) is 5.32 Å². The smallest absolute Gasteiger partial charge is 0.264 e. The fraction of sp³-hybridized carbons (Fsp3) is 0.174. The molecule has 0 aromatic heterocycles. The highest BCUT2D eigenvalue weighted by atomic mass is 35.5. The minimum Gasteiger partial charge on any atom is -0.496 e. The lowest BCUT2D eigenvalue weighted by atomic mass is 10.1. The van der Waals surface area contributed by atoms with E-state index in [1.807, 2.05) is 18.2 Å². The third-order valence-electron chi connectivity index (χ3n) is 4.74. The molecule has 6 nitrogen and oxygen atoms in total. The van der Waals surface area contributed by atoms with Gasteiger partial charge in [-0.3, -0.25) is 9.10 Å². The van der Waals surface area contributed by atoms with Crippen molar-refractivity contribution < 1.29 is 17.9 Å². The van der Waals surface area contributed by atoms with Gasteiger partial charge in [-0.2, -0.15) is 0 Å². The molecule has 0 unspecified atom stereocenters. The number of nitrogens with one attached hydrogen (secondary N) is 1. The van der Waals surface area contributed by atoms with E-state index in [-0.39, 0.29) is 20.6 Å². The van der Waals surface area contributed by atoms with E-state index in [1.165, 1.54) is 30.3 Å². The first-order valence-corrected chi connectivity index (χ1v) is 11.9. The molecule has 0 saturated heterocycles. The monoisotopic (exact) mass is 492 g/mol. The predicted octanol–water partition coefficient (Wildman–Crippen LogP) is 5.07. The largest absolute Gasteiger partial charge is 0.496 e. The zero-order valence-corrected chi connectivity index (χ0v) is 19.8. The summed E-state index contributed by atoms with van der Waals surface area (Å²) in [6.45, 7) is 1.33.